The van der Waals surface area contributed by atoms with E-state index in [1.807, 2.05) is 49.4 Å². The van der Waals surface area contributed by atoms with Gasteiger partial charge in [0.05, 0.1) is 13.4 Å². The van der Waals surface area contributed by atoms with Gasteiger partial charge in [-0.2, -0.15) is 8.42 Å². The summed E-state index contributed by atoms with van der Waals surface area (Å²) in [5.41, 5.74) is 5.09. The summed E-state index contributed by atoms with van der Waals surface area (Å²) in [4.78, 5) is 0. The van der Waals surface area contributed by atoms with E-state index in [0.29, 0.717) is 11.3 Å². The summed E-state index contributed by atoms with van der Waals surface area (Å²) in [6.07, 6.45) is 0.999. The van der Waals surface area contributed by atoms with Crippen LogP contribution >= 0.6 is 0 Å². The molecule has 35 heavy (non-hydrogen) atoms. The first-order valence-corrected chi connectivity index (χ1v) is 12.7. The Morgan fingerprint density at radius 1 is 0.800 bits per heavy atom. The van der Waals surface area contributed by atoms with Gasteiger partial charge in [-0.3, -0.25) is 0 Å². The van der Waals surface area contributed by atoms with Gasteiger partial charge < -0.3 is 13.7 Å². The lowest BCUT2D eigenvalue weighted by molar-refractivity contribution is 0.290. The normalized spacial score (nSPS) is 11.2. The first-order chi connectivity index (χ1) is 16.7. The van der Waals surface area contributed by atoms with Gasteiger partial charge in [-0.05, 0) is 71.1 Å². The van der Waals surface area contributed by atoms with Crippen molar-refractivity contribution in [2.24, 2.45) is 0 Å². The molecule has 0 aromatic heterocycles. The van der Waals surface area contributed by atoms with Crippen LogP contribution in [-0.2, 0) is 16.7 Å². The number of methoxy groups -OCH3 is 1. The molecule has 5 nitrogen and oxygen atoms in total. The van der Waals surface area contributed by atoms with E-state index in [2.05, 4.69) is 0 Å². The zero-order valence-electron chi connectivity index (χ0n) is 19.6. The summed E-state index contributed by atoms with van der Waals surface area (Å²) in [7, 11) is -2.03. The first kappa shape index (κ1) is 24.3. The van der Waals surface area contributed by atoms with E-state index in [9.17, 15) is 12.8 Å². The summed E-state index contributed by atoms with van der Waals surface area (Å²) >= 11 is 0. The largest absolute Gasteiger partial charge is 0.496 e. The quantitative estimate of drug-likeness (QED) is 0.267. The van der Waals surface area contributed by atoms with Crippen molar-refractivity contribution in [1.29, 1.82) is 0 Å². The molecule has 180 valence electrons. The second-order valence-corrected chi connectivity index (χ2v) is 9.67. The molecule has 0 amide bonds. The van der Waals surface area contributed by atoms with Crippen molar-refractivity contribution in [3.63, 3.8) is 0 Å². The molecule has 0 atom stereocenters. The predicted molar refractivity (Wildman–Crippen MR) is 135 cm³/mol. The third kappa shape index (κ3) is 6.00. The molecule has 0 aliphatic rings. The third-order valence-electron chi connectivity index (χ3n) is 5.44. The van der Waals surface area contributed by atoms with Gasteiger partial charge in [0, 0.05) is 5.56 Å². The lowest BCUT2D eigenvalue weighted by Gasteiger charge is -2.15. The summed E-state index contributed by atoms with van der Waals surface area (Å²) in [5.74, 6) is 0.548. The van der Waals surface area contributed by atoms with Gasteiger partial charge in [-0.15, -0.1) is 0 Å². The van der Waals surface area contributed by atoms with Gasteiger partial charge in [0.25, 0.3) is 0 Å². The van der Waals surface area contributed by atoms with E-state index in [4.69, 9.17) is 13.7 Å². The molecule has 0 aliphatic carbocycles. The molecule has 0 radical (unpaired) electrons. The molecular weight excluding hydrogens is 467 g/mol. The maximum Gasteiger partial charge on any atom is 0.306 e. The zero-order chi connectivity index (χ0) is 25.0. The number of halogens is 1. The smallest absolute Gasteiger partial charge is 0.306 e. The molecular formula is C28H25FO5S. The fourth-order valence-corrected chi connectivity index (χ4v) is 4.24. The van der Waals surface area contributed by atoms with E-state index in [0.717, 1.165) is 34.1 Å². The first-order valence-electron chi connectivity index (χ1n) is 10.9. The van der Waals surface area contributed by atoms with Crippen LogP contribution in [0.5, 0.6) is 17.2 Å². The van der Waals surface area contributed by atoms with E-state index >= 15 is 0 Å². The van der Waals surface area contributed by atoms with Crippen LogP contribution in [0.3, 0.4) is 0 Å². The monoisotopic (exact) mass is 492 g/mol. The summed E-state index contributed by atoms with van der Waals surface area (Å²) < 4.78 is 53.7. The van der Waals surface area contributed by atoms with Gasteiger partial charge >= 0.3 is 10.1 Å². The van der Waals surface area contributed by atoms with Crippen molar-refractivity contribution < 1.29 is 26.5 Å². The fourth-order valence-electron chi connectivity index (χ4n) is 3.78. The lowest BCUT2D eigenvalue weighted by Crippen LogP contribution is -2.05. The van der Waals surface area contributed by atoms with Crippen molar-refractivity contribution in [2.45, 2.75) is 13.5 Å². The maximum atomic E-state index is 14.9. The SMILES string of the molecule is COc1cc(-c2ccc(OS(C)(=O)=O)cc2)c(C)cc1-c1ccc(OCc2ccccc2)c(F)c1. The number of hydrogen-bond acceptors (Lipinski definition) is 5. The van der Waals surface area contributed by atoms with E-state index in [-0.39, 0.29) is 18.1 Å². The Balaban J connectivity index is 1.60. The maximum absolute atomic E-state index is 14.9. The minimum absolute atomic E-state index is 0.182. The van der Waals surface area contributed by atoms with E-state index < -0.39 is 15.9 Å². The van der Waals surface area contributed by atoms with Crippen molar-refractivity contribution in [3.05, 3.63) is 102 Å². The molecule has 0 unspecified atom stereocenters. The van der Waals surface area contributed by atoms with Crippen LogP contribution in [0.15, 0.2) is 84.9 Å². The highest BCUT2D eigenvalue weighted by molar-refractivity contribution is 7.86. The Hall–Kier alpha value is -3.84. The Kier molecular flexibility index (Phi) is 7.07. The Labute approximate surface area is 204 Å². The van der Waals surface area contributed by atoms with E-state index in [1.165, 1.54) is 6.07 Å². The Morgan fingerprint density at radius 2 is 1.49 bits per heavy atom. The number of hydrogen-bond donors (Lipinski definition) is 0. The highest BCUT2D eigenvalue weighted by atomic mass is 32.2. The topological polar surface area (TPSA) is 61.8 Å². The van der Waals surface area contributed by atoms with Crippen LogP contribution in [-0.4, -0.2) is 21.8 Å². The molecule has 4 rings (SSSR count). The van der Waals surface area contributed by atoms with Crippen molar-refractivity contribution in [2.75, 3.05) is 13.4 Å². The Bertz CT molecular complexity index is 1430. The number of rotatable bonds is 8. The molecule has 0 N–H and O–H groups in total. The Morgan fingerprint density at radius 3 is 2.11 bits per heavy atom. The molecule has 0 fully saturated rings. The minimum atomic E-state index is -3.59. The van der Waals surface area contributed by atoms with Crippen LogP contribution in [0.25, 0.3) is 22.3 Å². The van der Waals surface area contributed by atoms with Crippen molar-refractivity contribution >= 4 is 10.1 Å². The molecule has 7 heteroatoms. The van der Waals surface area contributed by atoms with Crippen molar-refractivity contribution in [3.8, 4) is 39.5 Å². The summed E-state index contributed by atoms with van der Waals surface area (Å²) in [5, 5.41) is 0. The van der Waals surface area contributed by atoms with Crippen LogP contribution in [0, 0.1) is 12.7 Å². The second kappa shape index (κ2) is 10.2. The number of benzene rings is 4. The summed E-state index contributed by atoms with van der Waals surface area (Å²) in [6, 6.07) is 25.0. The molecule has 0 saturated carbocycles. The number of ether oxygens (including phenoxy) is 2. The van der Waals surface area contributed by atoms with Gasteiger partial charge in [0.2, 0.25) is 0 Å². The van der Waals surface area contributed by atoms with Crippen LogP contribution in [0.1, 0.15) is 11.1 Å². The third-order valence-corrected chi connectivity index (χ3v) is 5.93. The number of aryl methyl sites for hydroxylation is 1. The molecule has 0 spiro atoms. The molecule has 0 bridgehead atoms. The molecule has 0 aliphatic heterocycles. The average molecular weight is 493 g/mol. The second-order valence-electron chi connectivity index (χ2n) is 8.10. The molecule has 4 aromatic carbocycles. The van der Waals surface area contributed by atoms with Gasteiger partial charge in [-0.25, -0.2) is 4.39 Å². The predicted octanol–water partition coefficient (Wildman–Crippen LogP) is 6.39. The fraction of sp³-hybridized carbons (Fsp3) is 0.143. The highest BCUT2D eigenvalue weighted by Crippen LogP contribution is 2.38. The zero-order valence-corrected chi connectivity index (χ0v) is 20.4. The highest BCUT2D eigenvalue weighted by Gasteiger charge is 2.15. The minimum Gasteiger partial charge on any atom is -0.496 e. The summed E-state index contributed by atoms with van der Waals surface area (Å²) in [6.45, 7) is 2.23. The molecule has 4 aromatic rings. The van der Waals surface area contributed by atoms with Gasteiger partial charge in [-0.1, -0.05) is 48.5 Å². The van der Waals surface area contributed by atoms with Gasteiger partial charge in [0.15, 0.2) is 11.6 Å². The standard InChI is InChI=1S/C28H25FO5S/c1-19-15-25(22-11-14-27(26(29)16-22)33-18-20-7-5-4-6-8-20)28(32-2)17-24(19)21-9-12-23(13-10-21)34-35(3,30)31/h4-17H,18H2,1-3H3. The van der Waals surface area contributed by atoms with Crippen LogP contribution in [0.2, 0.25) is 0 Å². The van der Waals surface area contributed by atoms with Crippen LogP contribution in [0.4, 0.5) is 4.39 Å². The van der Waals surface area contributed by atoms with E-state index in [1.54, 1.807) is 43.5 Å². The molecule has 0 heterocycles. The molecule has 0 saturated heterocycles. The average Bonchev–Trinajstić information content (AvgIpc) is 2.83. The van der Waals surface area contributed by atoms with Crippen molar-refractivity contribution in [1.82, 2.24) is 0 Å². The lowest BCUT2D eigenvalue weighted by atomic mass is 9.94. The van der Waals surface area contributed by atoms with Crippen LogP contribution < -0.4 is 13.7 Å². The van der Waals surface area contributed by atoms with Gasteiger partial charge in [0.1, 0.15) is 18.1 Å².